The number of carboxylic acid groups (broad SMARTS) is 1. The Balaban J connectivity index is 1.68. The summed E-state index contributed by atoms with van der Waals surface area (Å²) in [6.45, 7) is 6.03. The molecule has 1 N–H and O–H groups in total. The maximum atomic E-state index is 14.0. The van der Waals surface area contributed by atoms with Gasteiger partial charge in [0, 0.05) is 23.8 Å². The van der Waals surface area contributed by atoms with Crippen LogP contribution in [0.5, 0.6) is 5.75 Å². The molecule has 5 nitrogen and oxygen atoms in total. The molecule has 200 valence electrons. The monoisotopic (exact) mass is 533 g/mol. The molecule has 6 heteroatoms. The summed E-state index contributed by atoms with van der Waals surface area (Å²) in [5.74, 6) is -0.697. The zero-order chi connectivity index (χ0) is 27.6. The predicted molar refractivity (Wildman–Crippen MR) is 154 cm³/mol. The van der Waals surface area contributed by atoms with Crippen LogP contribution in [0.25, 0.3) is 33.3 Å². The molecule has 1 saturated heterocycles. The van der Waals surface area contributed by atoms with Crippen LogP contribution < -0.4 is 4.74 Å². The first-order valence-corrected chi connectivity index (χ1v) is 13.2. The molecular formula is C34H28FNO4. The average Bonchev–Trinajstić information content (AvgIpc) is 3.64. The fraction of sp³-hybridized carbons (Fsp3) is 0.147. The SMILES string of the molecule is C=C(c1c(-c2ccccc2C(=O)O)c2c(OCc3ccccc3)cccc2n1-c1ccc(F)cc1)C1CCOC1. The molecule has 6 rings (SSSR count). The smallest absolute Gasteiger partial charge is 0.336 e. The molecule has 5 aromatic rings. The van der Waals surface area contributed by atoms with E-state index in [1.165, 1.54) is 12.1 Å². The zero-order valence-electron chi connectivity index (χ0n) is 21.8. The Bertz CT molecular complexity index is 1700. The standard InChI is InChI=1S/C34H28FNO4/c1-22(24-18-19-39-21-24)33-31(27-10-5-6-11-28(27)34(37)38)32-29(36(33)26-16-14-25(35)15-17-26)12-7-13-30(32)40-20-23-8-3-2-4-9-23/h2-17,24H,1,18-21H2,(H,37,38). The molecule has 1 aromatic heterocycles. The Hall–Kier alpha value is -4.68. The Morgan fingerprint density at radius 1 is 0.975 bits per heavy atom. The number of benzene rings is 4. The minimum Gasteiger partial charge on any atom is -0.488 e. The van der Waals surface area contributed by atoms with Crippen molar-refractivity contribution in [3.05, 3.63) is 126 Å². The zero-order valence-corrected chi connectivity index (χ0v) is 21.8. The largest absolute Gasteiger partial charge is 0.488 e. The van der Waals surface area contributed by atoms with Gasteiger partial charge in [-0.3, -0.25) is 0 Å². The number of fused-ring (bicyclic) bond motifs is 1. The first-order valence-electron chi connectivity index (χ1n) is 13.2. The van der Waals surface area contributed by atoms with Gasteiger partial charge in [-0.15, -0.1) is 0 Å². The second-order valence-electron chi connectivity index (χ2n) is 9.90. The number of rotatable bonds is 8. The van der Waals surface area contributed by atoms with Crippen molar-refractivity contribution in [2.75, 3.05) is 13.2 Å². The first-order chi connectivity index (χ1) is 19.5. The van der Waals surface area contributed by atoms with E-state index in [0.717, 1.165) is 45.4 Å². The minimum atomic E-state index is -1.03. The van der Waals surface area contributed by atoms with Crippen LogP contribution in [0.2, 0.25) is 0 Å². The van der Waals surface area contributed by atoms with E-state index >= 15 is 0 Å². The number of ether oxygens (including phenoxy) is 2. The third-order valence-electron chi connectivity index (χ3n) is 7.43. The highest BCUT2D eigenvalue weighted by Crippen LogP contribution is 2.47. The fourth-order valence-electron chi connectivity index (χ4n) is 5.48. The summed E-state index contributed by atoms with van der Waals surface area (Å²) in [6, 6.07) is 29.0. The van der Waals surface area contributed by atoms with Gasteiger partial charge in [0.05, 0.1) is 28.8 Å². The lowest BCUT2D eigenvalue weighted by molar-refractivity contribution is 0.0697. The molecule has 2 heterocycles. The summed E-state index contributed by atoms with van der Waals surface area (Å²) in [5, 5.41) is 11.0. The number of aromatic nitrogens is 1. The van der Waals surface area contributed by atoms with Gasteiger partial charge in [0.15, 0.2) is 0 Å². The van der Waals surface area contributed by atoms with E-state index in [-0.39, 0.29) is 17.3 Å². The Labute approximate surface area is 231 Å². The van der Waals surface area contributed by atoms with E-state index in [0.29, 0.717) is 31.1 Å². The van der Waals surface area contributed by atoms with Crippen molar-refractivity contribution in [1.82, 2.24) is 4.57 Å². The lowest BCUT2D eigenvalue weighted by Gasteiger charge is -2.19. The second-order valence-corrected chi connectivity index (χ2v) is 9.90. The molecule has 0 radical (unpaired) electrons. The van der Waals surface area contributed by atoms with Crippen LogP contribution in [-0.4, -0.2) is 28.9 Å². The van der Waals surface area contributed by atoms with Crippen LogP contribution in [-0.2, 0) is 11.3 Å². The van der Waals surface area contributed by atoms with E-state index in [2.05, 4.69) is 6.58 Å². The summed E-state index contributed by atoms with van der Waals surface area (Å²) in [5.41, 5.74) is 5.62. The quantitative estimate of drug-likeness (QED) is 0.221. The molecule has 1 unspecified atom stereocenters. The topological polar surface area (TPSA) is 60.7 Å². The lowest BCUT2D eigenvalue weighted by Crippen LogP contribution is -2.09. The molecule has 1 atom stereocenters. The molecule has 0 amide bonds. The van der Waals surface area contributed by atoms with Gasteiger partial charge in [-0.25, -0.2) is 9.18 Å². The minimum absolute atomic E-state index is 0.0490. The van der Waals surface area contributed by atoms with Crippen LogP contribution in [0.3, 0.4) is 0 Å². The van der Waals surface area contributed by atoms with E-state index in [1.54, 1.807) is 24.3 Å². The van der Waals surface area contributed by atoms with Gasteiger partial charge in [0.2, 0.25) is 0 Å². The van der Waals surface area contributed by atoms with Crippen molar-refractivity contribution in [2.45, 2.75) is 13.0 Å². The molecule has 4 aromatic carbocycles. The van der Waals surface area contributed by atoms with Crippen molar-refractivity contribution in [1.29, 1.82) is 0 Å². The van der Waals surface area contributed by atoms with Gasteiger partial charge in [0.1, 0.15) is 18.2 Å². The lowest BCUT2D eigenvalue weighted by atomic mass is 9.89. The van der Waals surface area contributed by atoms with Gasteiger partial charge in [-0.2, -0.15) is 0 Å². The molecule has 0 bridgehead atoms. The van der Waals surface area contributed by atoms with Gasteiger partial charge in [-0.1, -0.05) is 61.2 Å². The van der Waals surface area contributed by atoms with E-state index < -0.39 is 5.97 Å². The molecule has 0 aliphatic carbocycles. The predicted octanol–water partition coefficient (Wildman–Crippen LogP) is 7.76. The van der Waals surface area contributed by atoms with Crippen LogP contribution in [0.4, 0.5) is 4.39 Å². The number of hydrogen-bond acceptors (Lipinski definition) is 3. The molecule has 40 heavy (non-hydrogen) atoms. The maximum absolute atomic E-state index is 14.0. The normalized spacial score (nSPS) is 14.9. The van der Waals surface area contributed by atoms with Crippen LogP contribution in [0.15, 0.2) is 104 Å². The third kappa shape index (κ3) is 4.67. The molecule has 1 fully saturated rings. The second kappa shape index (κ2) is 10.8. The van der Waals surface area contributed by atoms with Crippen LogP contribution >= 0.6 is 0 Å². The molecule has 0 spiro atoms. The molecule has 1 aliphatic heterocycles. The van der Waals surface area contributed by atoms with E-state index in [9.17, 15) is 14.3 Å². The number of carboxylic acids is 1. The highest BCUT2D eigenvalue weighted by molar-refractivity contribution is 6.10. The van der Waals surface area contributed by atoms with Crippen molar-refractivity contribution < 1.29 is 23.8 Å². The summed E-state index contributed by atoms with van der Waals surface area (Å²) < 4.78 is 28.2. The van der Waals surface area contributed by atoms with Crippen molar-refractivity contribution in [3.8, 4) is 22.6 Å². The summed E-state index contributed by atoms with van der Waals surface area (Å²) >= 11 is 0. The van der Waals surface area contributed by atoms with Crippen molar-refractivity contribution >= 4 is 22.4 Å². The van der Waals surface area contributed by atoms with Crippen LogP contribution in [0, 0.1) is 11.7 Å². The number of nitrogens with zero attached hydrogens (tertiary/aromatic N) is 1. The fourth-order valence-corrected chi connectivity index (χ4v) is 5.48. The highest BCUT2D eigenvalue weighted by atomic mass is 19.1. The Kier molecular flexibility index (Phi) is 6.93. The summed E-state index contributed by atoms with van der Waals surface area (Å²) in [7, 11) is 0. The van der Waals surface area contributed by atoms with Gasteiger partial charge in [0.25, 0.3) is 0 Å². The molecule has 0 saturated carbocycles. The van der Waals surface area contributed by atoms with Gasteiger partial charge < -0.3 is 19.1 Å². The van der Waals surface area contributed by atoms with Gasteiger partial charge >= 0.3 is 5.97 Å². The Morgan fingerprint density at radius 2 is 1.73 bits per heavy atom. The molecular weight excluding hydrogens is 505 g/mol. The average molecular weight is 534 g/mol. The van der Waals surface area contributed by atoms with Crippen LogP contribution in [0.1, 0.15) is 28.0 Å². The Morgan fingerprint density at radius 3 is 2.45 bits per heavy atom. The first kappa shape index (κ1) is 25.6. The number of hydrogen-bond donors (Lipinski definition) is 1. The summed E-state index contributed by atoms with van der Waals surface area (Å²) in [4.78, 5) is 12.5. The maximum Gasteiger partial charge on any atom is 0.336 e. The number of carbonyl (C=O) groups is 1. The van der Waals surface area contributed by atoms with E-state index in [1.807, 2.05) is 65.2 Å². The van der Waals surface area contributed by atoms with Crippen molar-refractivity contribution in [3.63, 3.8) is 0 Å². The number of halogens is 1. The summed E-state index contributed by atoms with van der Waals surface area (Å²) in [6.07, 6.45) is 0.807. The third-order valence-corrected chi connectivity index (χ3v) is 7.43. The molecule has 1 aliphatic rings. The number of aromatic carboxylic acids is 1. The highest BCUT2D eigenvalue weighted by Gasteiger charge is 2.31. The van der Waals surface area contributed by atoms with E-state index in [4.69, 9.17) is 9.47 Å². The van der Waals surface area contributed by atoms with Crippen molar-refractivity contribution in [2.24, 2.45) is 5.92 Å². The van der Waals surface area contributed by atoms with Gasteiger partial charge in [-0.05, 0) is 65.6 Å².